The Morgan fingerprint density at radius 3 is 2.36 bits per heavy atom. The van der Waals surface area contributed by atoms with Gasteiger partial charge in [-0.05, 0) is 78.7 Å². The Hall–Kier alpha value is -3.66. The molecule has 1 aliphatic carbocycles. The summed E-state index contributed by atoms with van der Waals surface area (Å²) in [7, 11) is -1.20. The van der Waals surface area contributed by atoms with E-state index < -0.39 is 25.1 Å². The zero-order valence-corrected chi connectivity index (χ0v) is 21.9. The van der Waals surface area contributed by atoms with E-state index in [0.29, 0.717) is 30.0 Å². The molecule has 2 amide bonds. The molecule has 3 heterocycles. The van der Waals surface area contributed by atoms with Gasteiger partial charge in [-0.3, -0.25) is 14.5 Å². The number of para-hydroxylation sites is 1. The maximum atomic E-state index is 13.9. The quantitative estimate of drug-likeness (QED) is 0.313. The second-order valence-corrected chi connectivity index (χ2v) is 10.8. The number of aliphatic hydroxyl groups is 1. The number of rotatable bonds is 6. The number of carbonyl (C=O) groups excluding carboxylic acids is 2. The molecule has 3 aromatic rings. The van der Waals surface area contributed by atoms with E-state index >= 15 is 0 Å². The van der Waals surface area contributed by atoms with Crippen LogP contribution in [0.15, 0.2) is 82.2 Å². The Balaban J connectivity index is 1.30. The average molecular weight is 526 g/mol. The average Bonchev–Trinajstić information content (AvgIpc) is 3.52. The molecule has 0 unspecified atom stereocenters. The first-order valence-corrected chi connectivity index (χ1v) is 13.4. The van der Waals surface area contributed by atoms with Crippen LogP contribution in [0.4, 0.5) is 17.1 Å². The lowest BCUT2D eigenvalue weighted by Crippen LogP contribution is -2.45. The van der Waals surface area contributed by atoms with Crippen molar-refractivity contribution in [1.29, 1.82) is 0 Å². The number of anilines is 3. The minimum absolute atomic E-state index is 0.0863. The number of aliphatic hydroxyl groups excluding tert-OH is 1. The van der Waals surface area contributed by atoms with Crippen LogP contribution in [0.2, 0.25) is 0 Å². The van der Waals surface area contributed by atoms with Crippen LogP contribution in [-0.4, -0.2) is 29.1 Å². The summed E-state index contributed by atoms with van der Waals surface area (Å²) in [6, 6.07) is 20.5. The molecule has 3 aliphatic rings. The number of carbonyl (C=O) groups is 2. The van der Waals surface area contributed by atoms with Crippen molar-refractivity contribution >= 4 is 36.0 Å². The maximum Gasteiger partial charge on any atom is 0.487 e. The van der Waals surface area contributed by atoms with Gasteiger partial charge in [0.1, 0.15) is 24.2 Å². The Kier molecular flexibility index (Phi) is 6.66. The Labute approximate surface area is 227 Å². The molecule has 0 spiro atoms. The first kappa shape index (κ1) is 25.6. The van der Waals surface area contributed by atoms with Gasteiger partial charge in [-0.25, -0.2) is 0 Å². The molecule has 2 fully saturated rings. The van der Waals surface area contributed by atoms with Crippen molar-refractivity contribution in [3.63, 3.8) is 0 Å². The molecule has 4 atom stereocenters. The number of nitrogens with one attached hydrogen (secondary N) is 1. The molecule has 8 nitrogen and oxygen atoms in total. The van der Waals surface area contributed by atoms with E-state index in [2.05, 4.69) is 5.32 Å². The molecule has 2 saturated heterocycles. The predicted molar refractivity (Wildman–Crippen MR) is 147 cm³/mol. The number of amides is 2. The van der Waals surface area contributed by atoms with Crippen molar-refractivity contribution in [2.24, 2.45) is 23.7 Å². The molecule has 0 bridgehead atoms. The zero-order chi connectivity index (χ0) is 27.3. The standard InChI is InChI=1S/C30H31BN2O6/c1-17(2)22-14-24-27(23-15-26(39-31(37)28(22)23)25-13-12-21(16-34)38-25)30(36)33(29(24)35)20-10-8-19(9-11-20)32-18-6-4-3-5-7-18/h3-13,17,23-24,26-27,32,34,37H,14-16H2,1-2H3/t23-,24-,26-,27+/m0/s1. The van der Waals surface area contributed by atoms with E-state index in [1.165, 1.54) is 4.90 Å². The number of benzene rings is 2. The van der Waals surface area contributed by atoms with Crippen LogP contribution in [0.5, 0.6) is 0 Å². The molecule has 1 aromatic heterocycles. The monoisotopic (exact) mass is 526 g/mol. The van der Waals surface area contributed by atoms with Gasteiger partial charge in [0, 0.05) is 11.4 Å². The number of nitrogens with zero attached hydrogens (tertiary/aromatic N) is 1. The van der Waals surface area contributed by atoms with Crippen molar-refractivity contribution in [1.82, 2.24) is 0 Å². The summed E-state index contributed by atoms with van der Waals surface area (Å²) < 4.78 is 11.7. The predicted octanol–water partition coefficient (Wildman–Crippen LogP) is 4.77. The zero-order valence-electron chi connectivity index (χ0n) is 21.9. The largest absolute Gasteiger partial charge is 0.487 e. The third-order valence-electron chi connectivity index (χ3n) is 8.19. The second kappa shape index (κ2) is 10.1. The Morgan fingerprint density at radius 1 is 0.974 bits per heavy atom. The van der Waals surface area contributed by atoms with E-state index in [4.69, 9.17) is 9.07 Å². The van der Waals surface area contributed by atoms with Gasteiger partial charge in [0.25, 0.3) is 0 Å². The van der Waals surface area contributed by atoms with Crippen molar-refractivity contribution in [3.05, 3.63) is 89.3 Å². The summed E-state index contributed by atoms with van der Waals surface area (Å²) in [5, 5.41) is 23.9. The topological polar surface area (TPSA) is 112 Å². The van der Waals surface area contributed by atoms with E-state index in [1.54, 1.807) is 24.3 Å². The molecule has 3 N–H and O–H groups in total. The lowest BCUT2D eigenvalue weighted by atomic mass is 9.54. The summed E-state index contributed by atoms with van der Waals surface area (Å²) in [4.78, 5) is 29.0. The Bertz CT molecular complexity index is 1420. The molecule has 6 rings (SSSR count). The smallest absolute Gasteiger partial charge is 0.461 e. The second-order valence-electron chi connectivity index (χ2n) is 10.8. The highest BCUT2D eigenvalue weighted by Crippen LogP contribution is 2.53. The number of furan rings is 1. The number of hydrogen-bond donors (Lipinski definition) is 3. The first-order valence-electron chi connectivity index (χ1n) is 13.4. The Morgan fingerprint density at radius 2 is 1.69 bits per heavy atom. The van der Waals surface area contributed by atoms with Crippen LogP contribution in [0.1, 0.15) is 44.3 Å². The lowest BCUT2D eigenvalue weighted by molar-refractivity contribution is -0.123. The van der Waals surface area contributed by atoms with E-state index in [0.717, 1.165) is 22.4 Å². The third kappa shape index (κ3) is 4.50. The fraction of sp³-hybridized carbons (Fsp3) is 0.333. The number of hydrogen-bond acceptors (Lipinski definition) is 7. The van der Waals surface area contributed by atoms with Crippen LogP contribution < -0.4 is 10.2 Å². The van der Waals surface area contributed by atoms with Crippen molar-refractivity contribution < 1.29 is 28.8 Å². The number of fused-ring (bicyclic) bond motifs is 3. The minimum Gasteiger partial charge on any atom is -0.461 e. The lowest BCUT2D eigenvalue weighted by Gasteiger charge is -2.42. The number of allylic oxidation sites excluding steroid dienone is 2. The first-order chi connectivity index (χ1) is 18.9. The van der Waals surface area contributed by atoms with Crippen LogP contribution in [0.25, 0.3) is 0 Å². The molecular formula is C30H31BN2O6. The maximum absolute atomic E-state index is 13.9. The molecule has 9 heteroatoms. The van der Waals surface area contributed by atoms with Gasteiger partial charge in [-0.15, -0.1) is 0 Å². The highest BCUT2D eigenvalue weighted by molar-refractivity contribution is 6.53. The van der Waals surface area contributed by atoms with E-state index in [-0.39, 0.29) is 30.3 Å². The molecule has 0 saturated carbocycles. The third-order valence-corrected chi connectivity index (χ3v) is 8.19. The van der Waals surface area contributed by atoms with Crippen molar-refractivity contribution in [3.8, 4) is 0 Å². The molecule has 2 aromatic carbocycles. The van der Waals surface area contributed by atoms with Crippen molar-refractivity contribution in [2.45, 2.75) is 39.4 Å². The summed E-state index contributed by atoms with van der Waals surface area (Å²) in [5.41, 5.74) is 4.03. The molecule has 39 heavy (non-hydrogen) atoms. The molecule has 0 radical (unpaired) electrons. The van der Waals surface area contributed by atoms with Crippen molar-refractivity contribution in [2.75, 3.05) is 10.2 Å². The van der Waals surface area contributed by atoms with Gasteiger partial charge in [-0.2, -0.15) is 0 Å². The van der Waals surface area contributed by atoms with Gasteiger partial charge in [-0.1, -0.05) is 37.6 Å². The fourth-order valence-electron chi connectivity index (χ4n) is 6.37. The summed E-state index contributed by atoms with van der Waals surface area (Å²) in [6.07, 6.45) is 0.222. The molecule has 2 aliphatic heterocycles. The van der Waals surface area contributed by atoms with E-state index in [9.17, 15) is 19.7 Å². The fourth-order valence-corrected chi connectivity index (χ4v) is 6.37. The highest BCUT2D eigenvalue weighted by Gasteiger charge is 2.58. The summed E-state index contributed by atoms with van der Waals surface area (Å²) in [6.45, 7) is 3.83. The normalized spacial score (nSPS) is 24.8. The molecular weight excluding hydrogens is 495 g/mol. The number of imide groups is 1. The van der Waals surface area contributed by atoms with Crippen LogP contribution >= 0.6 is 0 Å². The van der Waals surface area contributed by atoms with Gasteiger partial charge in [0.05, 0.1) is 17.5 Å². The van der Waals surface area contributed by atoms with E-state index in [1.807, 2.05) is 56.3 Å². The summed E-state index contributed by atoms with van der Waals surface area (Å²) >= 11 is 0. The highest BCUT2D eigenvalue weighted by atomic mass is 16.5. The molecule has 200 valence electrons. The minimum atomic E-state index is -1.20. The summed E-state index contributed by atoms with van der Waals surface area (Å²) in [5.74, 6) is -0.933. The van der Waals surface area contributed by atoms with Gasteiger partial charge in [0.15, 0.2) is 0 Å². The van der Waals surface area contributed by atoms with Crippen LogP contribution in [0.3, 0.4) is 0 Å². The van der Waals surface area contributed by atoms with Gasteiger partial charge >= 0.3 is 7.12 Å². The van der Waals surface area contributed by atoms with Gasteiger partial charge in [0.2, 0.25) is 11.8 Å². The SMILES string of the molecule is CC(C)C1=C2B(O)O[C@H](c3ccc(CO)o3)C[C@H]2[C@H]2C(=O)N(c3ccc(Nc4ccccc4)cc3)C(=O)[C@H]2C1. The van der Waals surface area contributed by atoms with Crippen LogP contribution in [-0.2, 0) is 20.9 Å². The van der Waals surface area contributed by atoms with Crippen LogP contribution in [0, 0.1) is 23.7 Å². The van der Waals surface area contributed by atoms with Gasteiger partial charge < -0.3 is 24.5 Å².